The minimum atomic E-state index is -4.86. The summed E-state index contributed by atoms with van der Waals surface area (Å²) in [6.45, 7) is 6.34. The topological polar surface area (TPSA) is 86.8 Å². The zero-order valence-electron chi connectivity index (χ0n) is 24.6. The van der Waals surface area contributed by atoms with Crippen LogP contribution in [0, 0.1) is 6.92 Å². The highest BCUT2D eigenvalue weighted by Crippen LogP contribution is 2.37. The van der Waals surface area contributed by atoms with Crippen LogP contribution in [0.15, 0.2) is 72.8 Å². The molecule has 3 rings (SSSR count). The molecule has 3 aromatic rings. The zero-order valence-corrected chi connectivity index (χ0v) is 26.1. The van der Waals surface area contributed by atoms with E-state index in [2.05, 4.69) is 5.32 Å². The average Bonchev–Trinajstić information content (AvgIpc) is 2.88. The number of hydrogen-bond donors (Lipinski definition) is 1. The van der Waals surface area contributed by atoms with Crippen molar-refractivity contribution in [1.82, 2.24) is 10.2 Å². The largest absolute Gasteiger partial charge is 0.417 e. The van der Waals surface area contributed by atoms with Gasteiger partial charge in [0.15, 0.2) is 0 Å². The van der Waals surface area contributed by atoms with Crippen molar-refractivity contribution in [3.05, 3.63) is 100 Å². The van der Waals surface area contributed by atoms with Gasteiger partial charge in [-0.1, -0.05) is 71.8 Å². The van der Waals surface area contributed by atoms with Crippen molar-refractivity contribution in [2.24, 2.45) is 0 Å². The Hall–Kier alpha value is -3.57. The van der Waals surface area contributed by atoms with Gasteiger partial charge in [0.1, 0.15) is 12.6 Å². The van der Waals surface area contributed by atoms with Crippen LogP contribution in [0.4, 0.5) is 18.9 Å². The number of rotatable bonds is 10. The zero-order chi connectivity index (χ0) is 32.2. The second-order valence-electron chi connectivity index (χ2n) is 11.4. The Balaban J connectivity index is 2.12. The van der Waals surface area contributed by atoms with Gasteiger partial charge in [0.25, 0.3) is 0 Å². The van der Waals surface area contributed by atoms with E-state index >= 15 is 0 Å². The van der Waals surface area contributed by atoms with Crippen LogP contribution in [0.5, 0.6) is 0 Å². The quantitative estimate of drug-likeness (QED) is 0.296. The van der Waals surface area contributed by atoms with Gasteiger partial charge in [-0.3, -0.25) is 13.9 Å². The number of carbonyl (C=O) groups is 2. The summed E-state index contributed by atoms with van der Waals surface area (Å²) in [5.41, 5.74) is 0.0676. The van der Waals surface area contributed by atoms with Crippen molar-refractivity contribution >= 4 is 39.1 Å². The SMILES string of the molecule is Cc1cccc(CN(C(=O)CN(c2ccc(Cl)c(C(F)(F)F)c2)S(C)(=O)=O)C(Cc2ccccc2)C(=O)NC(C)(C)C)c1. The highest BCUT2D eigenvalue weighted by atomic mass is 35.5. The molecule has 0 radical (unpaired) electrons. The summed E-state index contributed by atoms with van der Waals surface area (Å²) in [6.07, 6.45) is -3.96. The van der Waals surface area contributed by atoms with Crippen LogP contribution in [0.3, 0.4) is 0 Å². The van der Waals surface area contributed by atoms with Crippen molar-refractivity contribution < 1.29 is 31.2 Å². The van der Waals surface area contributed by atoms with E-state index in [0.717, 1.165) is 29.5 Å². The number of sulfonamides is 1. The van der Waals surface area contributed by atoms with E-state index in [0.29, 0.717) is 15.9 Å². The fraction of sp³-hybridized carbons (Fsp3) is 0.355. The van der Waals surface area contributed by atoms with Gasteiger partial charge in [-0.05, 0) is 57.0 Å². The molecule has 3 aromatic carbocycles. The lowest BCUT2D eigenvalue weighted by atomic mass is 10.0. The Morgan fingerprint density at radius 2 is 1.56 bits per heavy atom. The van der Waals surface area contributed by atoms with Gasteiger partial charge in [0.2, 0.25) is 21.8 Å². The molecule has 0 saturated heterocycles. The summed E-state index contributed by atoms with van der Waals surface area (Å²) in [5.74, 6) is -1.24. The first-order valence-corrected chi connectivity index (χ1v) is 15.6. The molecule has 0 bridgehead atoms. The number of aryl methyl sites for hydroxylation is 1. The van der Waals surface area contributed by atoms with Gasteiger partial charge < -0.3 is 10.2 Å². The Bertz CT molecular complexity index is 1560. The van der Waals surface area contributed by atoms with Gasteiger partial charge in [-0.25, -0.2) is 8.42 Å². The molecule has 2 amide bonds. The molecule has 0 aliphatic heterocycles. The second kappa shape index (κ2) is 13.4. The first-order valence-electron chi connectivity index (χ1n) is 13.4. The standard InChI is InChI=1S/C31H35ClF3N3O4S/c1-21-10-9-13-23(16-21)19-37(27(29(40)36-30(2,3)4)17-22-11-7-6-8-12-22)28(39)20-38(43(5,41)42)24-14-15-26(32)25(18-24)31(33,34)35/h6-16,18,27H,17,19-20H2,1-5H3,(H,36,40). The maximum absolute atomic E-state index is 14.1. The highest BCUT2D eigenvalue weighted by Gasteiger charge is 2.37. The van der Waals surface area contributed by atoms with E-state index < -0.39 is 56.7 Å². The molecule has 43 heavy (non-hydrogen) atoms. The molecule has 7 nitrogen and oxygen atoms in total. The van der Waals surface area contributed by atoms with Gasteiger partial charge in [0, 0.05) is 18.5 Å². The molecule has 232 valence electrons. The van der Waals surface area contributed by atoms with Crippen LogP contribution in [-0.2, 0) is 38.8 Å². The normalized spacial score (nSPS) is 12.9. The minimum absolute atomic E-state index is 0.0540. The minimum Gasteiger partial charge on any atom is -0.350 e. The first kappa shape index (κ1) is 33.9. The summed E-state index contributed by atoms with van der Waals surface area (Å²) < 4.78 is 67.2. The van der Waals surface area contributed by atoms with Crippen LogP contribution in [0.1, 0.15) is 43.0 Å². The van der Waals surface area contributed by atoms with E-state index in [-0.39, 0.29) is 18.7 Å². The summed E-state index contributed by atoms with van der Waals surface area (Å²) in [5, 5.41) is 2.30. The first-order chi connectivity index (χ1) is 19.8. The molecule has 0 spiro atoms. The van der Waals surface area contributed by atoms with Crippen LogP contribution in [-0.4, -0.2) is 49.5 Å². The fourth-order valence-corrected chi connectivity index (χ4v) is 5.58. The molecule has 0 heterocycles. The Morgan fingerprint density at radius 3 is 2.12 bits per heavy atom. The monoisotopic (exact) mass is 637 g/mol. The summed E-state index contributed by atoms with van der Waals surface area (Å²) >= 11 is 5.76. The number of halogens is 4. The molecule has 0 aliphatic carbocycles. The van der Waals surface area contributed by atoms with Gasteiger partial charge in [0.05, 0.1) is 22.5 Å². The lowest BCUT2D eigenvalue weighted by Crippen LogP contribution is -2.56. The number of anilines is 1. The number of amides is 2. The number of nitrogens with one attached hydrogen (secondary N) is 1. The predicted octanol–water partition coefficient (Wildman–Crippen LogP) is 5.99. The lowest BCUT2D eigenvalue weighted by Gasteiger charge is -2.35. The third kappa shape index (κ3) is 9.72. The third-order valence-electron chi connectivity index (χ3n) is 6.43. The van der Waals surface area contributed by atoms with Gasteiger partial charge >= 0.3 is 6.18 Å². The highest BCUT2D eigenvalue weighted by molar-refractivity contribution is 7.92. The Labute approximate surface area is 255 Å². The van der Waals surface area contributed by atoms with E-state index in [9.17, 15) is 31.2 Å². The smallest absolute Gasteiger partial charge is 0.350 e. The van der Waals surface area contributed by atoms with Crippen molar-refractivity contribution in [2.75, 3.05) is 17.1 Å². The second-order valence-corrected chi connectivity index (χ2v) is 13.7. The number of benzene rings is 3. The molecule has 0 aliphatic rings. The molecule has 1 unspecified atom stereocenters. The van der Waals surface area contributed by atoms with Crippen molar-refractivity contribution in [2.45, 2.75) is 58.4 Å². The number of nitrogens with zero attached hydrogens (tertiary/aromatic N) is 2. The summed E-state index contributed by atoms with van der Waals surface area (Å²) in [4.78, 5) is 29.1. The van der Waals surface area contributed by atoms with Crippen molar-refractivity contribution in [1.29, 1.82) is 0 Å². The summed E-state index contributed by atoms with van der Waals surface area (Å²) in [7, 11) is -4.26. The Morgan fingerprint density at radius 1 is 0.930 bits per heavy atom. The van der Waals surface area contributed by atoms with E-state index in [1.54, 1.807) is 45.0 Å². The van der Waals surface area contributed by atoms with Crippen LogP contribution < -0.4 is 9.62 Å². The maximum Gasteiger partial charge on any atom is 0.417 e. The molecule has 1 N–H and O–H groups in total. The van der Waals surface area contributed by atoms with Crippen LogP contribution in [0.25, 0.3) is 0 Å². The Kier molecular flexibility index (Phi) is 10.6. The fourth-order valence-electron chi connectivity index (χ4n) is 4.51. The van der Waals surface area contributed by atoms with Gasteiger partial charge in [-0.15, -0.1) is 0 Å². The van der Waals surface area contributed by atoms with Crippen LogP contribution in [0.2, 0.25) is 5.02 Å². The molecular weight excluding hydrogens is 603 g/mol. The van der Waals surface area contributed by atoms with E-state index in [1.165, 1.54) is 4.90 Å². The van der Waals surface area contributed by atoms with Gasteiger partial charge in [-0.2, -0.15) is 13.2 Å². The van der Waals surface area contributed by atoms with E-state index in [4.69, 9.17) is 11.6 Å². The predicted molar refractivity (Wildman–Crippen MR) is 162 cm³/mol. The lowest BCUT2D eigenvalue weighted by molar-refractivity contribution is -0.140. The summed E-state index contributed by atoms with van der Waals surface area (Å²) in [6, 6.07) is 17.8. The molecule has 0 aromatic heterocycles. The van der Waals surface area contributed by atoms with Crippen molar-refractivity contribution in [3.8, 4) is 0 Å². The molecule has 0 saturated carbocycles. The van der Waals surface area contributed by atoms with Crippen molar-refractivity contribution in [3.63, 3.8) is 0 Å². The number of carbonyl (C=O) groups excluding carboxylic acids is 2. The number of alkyl halides is 3. The molecule has 0 fully saturated rings. The molecule has 1 atom stereocenters. The molecular formula is C31H35ClF3N3O4S. The van der Waals surface area contributed by atoms with Crippen LogP contribution >= 0.6 is 11.6 Å². The third-order valence-corrected chi connectivity index (χ3v) is 7.90. The number of hydrogen-bond acceptors (Lipinski definition) is 4. The maximum atomic E-state index is 14.1. The van der Waals surface area contributed by atoms with E-state index in [1.807, 2.05) is 37.3 Å². The average molecular weight is 638 g/mol. The molecule has 12 heteroatoms.